The SMILES string of the molecule is C=C[C@]1(C)C[C@@H](OC(=O)CN2CCN(C(=O)CCn3cnc4c(N5CC[C@@H](CNC)C5)ncnc43)CC2)[C@]2(C)[C@H](C)CC[C@]3(CCC(=O)[C@@H]32)[C@@H](C)[C@@H]1O. The highest BCUT2D eigenvalue weighted by Crippen LogP contribution is 2.68. The Hall–Kier alpha value is -3.42. The molecule has 1 amide bonds. The van der Waals surface area contributed by atoms with Gasteiger partial charge in [0.15, 0.2) is 17.0 Å². The first-order valence-electron chi connectivity index (χ1n) is 19.9. The molecule has 13 nitrogen and oxygen atoms in total. The highest BCUT2D eigenvalue weighted by molar-refractivity contribution is 5.86. The van der Waals surface area contributed by atoms with Crippen LogP contribution in [0.2, 0.25) is 0 Å². The predicted molar refractivity (Wildman–Crippen MR) is 202 cm³/mol. The lowest BCUT2D eigenvalue weighted by molar-refractivity contribution is -0.207. The predicted octanol–water partition coefficient (Wildman–Crippen LogP) is 3.31. The van der Waals surface area contributed by atoms with E-state index in [0.29, 0.717) is 57.9 Å². The summed E-state index contributed by atoms with van der Waals surface area (Å²) in [5.74, 6) is 1.29. The summed E-state index contributed by atoms with van der Waals surface area (Å²) in [6.45, 7) is 18.3. The first kappa shape index (κ1) is 37.9. The summed E-state index contributed by atoms with van der Waals surface area (Å²) in [5.41, 5.74) is 0.000233. The van der Waals surface area contributed by atoms with E-state index < -0.39 is 23.0 Å². The summed E-state index contributed by atoms with van der Waals surface area (Å²) in [5, 5.41) is 15.1. The Kier molecular flexibility index (Phi) is 10.5. The summed E-state index contributed by atoms with van der Waals surface area (Å²) >= 11 is 0. The molecule has 3 saturated carbocycles. The third-order valence-corrected chi connectivity index (χ3v) is 14.7. The molecule has 4 heterocycles. The van der Waals surface area contributed by atoms with Gasteiger partial charge in [0.2, 0.25) is 5.91 Å². The lowest BCUT2D eigenvalue weighted by atomic mass is 9.44. The van der Waals surface area contributed by atoms with Crippen molar-refractivity contribution in [1.29, 1.82) is 0 Å². The van der Waals surface area contributed by atoms with Gasteiger partial charge in [0, 0.05) is 75.4 Å². The van der Waals surface area contributed by atoms with Gasteiger partial charge in [-0.1, -0.05) is 33.8 Å². The zero-order valence-corrected chi connectivity index (χ0v) is 32.4. The number of imidazole rings is 1. The molecule has 7 rings (SSSR count). The van der Waals surface area contributed by atoms with Gasteiger partial charge in [-0.25, -0.2) is 15.0 Å². The lowest BCUT2D eigenvalue weighted by Gasteiger charge is -2.61. The number of carbonyl (C=O) groups is 3. The van der Waals surface area contributed by atoms with Gasteiger partial charge in [-0.05, 0) is 68.9 Å². The molecule has 0 spiro atoms. The topological polar surface area (TPSA) is 146 Å². The smallest absolute Gasteiger partial charge is 0.320 e. The Balaban J connectivity index is 0.956. The van der Waals surface area contributed by atoms with Crippen LogP contribution in [0.25, 0.3) is 11.2 Å². The van der Waals surface area contributed by atoms with Crippen molar-refractivity contribution < 1.29 is 24.2 Å². The van der Waals surface area contributed by atoms with Gasteiger partial charge in [-0.3, -0.25) is 19.3 Å². The number of anilines is 1. The van der Waals surface area contributed by atoms with Crippen LogP contribution in [0.1, 0.15) is 72.6 Å². The van der Waals surface area contributed by atoms with Crippen molar-refractivity contribution in [2.75, 3.05) is 64.3 Å². The number of piperazine rings is 1. The number of hydrogen-bond acceptors (Lipinski definition) is 11. The second-order valence-electron chi connectivity index (χ2n) is 17.4. The maximum atomic E-state index is 13.8. The van der Waals surface area contributed by atoms with E-state index in [1.165, 1.54) is 0 Å². The molecule has 2 saturated heterocycles. The van der Waals surface area contributed by atoms with Crippen molar-refractivity contribution in [3.05, 3.63) is 25.3 Å². The quantitative estimate of drug-likeness (QED) is 0.274. The molecule has 13 heteroatoms. The fourth-order valence-electron chi connectivity index (χ4n) is 11.2. The van der Waals surface area contributed by atoms with E-state index in [0.717, 1.165) is 62.3 Å². The highest BCUT2D eigenvalue weighted by atomic mass is 16.5. The van der Waals surface area contributed by atoms with E-state index in [1.807, 2.05) is 29.5 Å². The monoisotopic (exact) mass is 732 g/mol. The Morgan fingerprint density at radius 1 is 1.09 bits per heavy atom. The number of nitrogens with one attached hydrogen (secondary N) is 1. The minimum absolute atomic E-state index is 0.0627. The molecule has 5 aliphatic rings. The van der Waals surface area contributed by atoms with E-state index in [1.54, 1.807) is 12.7 Å². The maximum Gasteiger partial charge on any atom is 0.320 e. The van der Waals surface area contributed by atoms with Gasteiger partial charge in [-0.15, -0.1) is 6.58 Å². The minimum Gasteiger partial charge on any atom is -0.461 e. The molecule has 2 aromatic rings. The summed E-state index contributed by atoms with van der Waals surface area (Å²) in [6.07, 6.45) is 8.95. The summed E-state index contributed by atoms with van der Waals surface area (Å²) in [7, 11) is 1.98. The highest BCUT2D eigenvalue weighted by Gasteiger charge is 2.68. The first-order valence-corrected chi connectivity index (χ1v) is 19.9. The van der Waals surface area contributed by atoms with Crippen LogP contribution in [0, 0.1) is 39.9 Å². The van der Waals surface area contributed by atoms with E-state index in [9.17, 15) is 19.5 Å². The van der Waals surface area contributed by atoms with Gasteiger partial charge >= 0.3 is 5.97 Å². The molecule has 0 radical (unpaired) electrons. The Morgan fingerprint density at radius 2 is 1.87 bits per heavy atom. The summed E-state index contributed by atoms with van der Waals surface area (Å²) < 4.78 is 8.41. The third-order valence-electron chi connectivity index (χ3n) is 14.7. The molecule has 0 aromatic carbocycles. The maximum absolute atomic E-state index is 13.8. The van der Waals surface area contributed by atoms with Crippen molar-refractivity contribution in [2.45, 2.75) is 91.4 Å². The van der Waals surface area contributed by atoms with Gasteiger partial charge in [0.05, 0.1) is 19.0 Å². The van der Waals surface area contributed by atoms with E-state index >= 15 is 0 Å². The Morgan fingerprint density at radius 3 is 2.60 bits per heavy atom. The van der Waals surface area contributed by atoms with E-state index in [4.69, 9.17) is 4.74 Å². The number of esters is 1. The average molecular weight is 733 g/mol. The van der Waals surface area contributed by atoms with E-state index in [-0.39, 0.29) is 47.4 Å². The van der Waals surface area contributed by atoms with Crippen molar-refractivity contribution >= 4 is 34.6 Å². The molecule has 5 fully saturated rings. The number of Topliss-reactive ketones (excluding diaryl/α,β-unsaturated/α-hetero) is 1. The zero-order valence-electron chi connectivity index (χ0n) is 32.4. The van der Waals surface area contributed by atoms with E-state index in [2.05, 4.69) is 57.4 Å². The Bertz CT molecular complexity index is 1710. The van der Waals surface area contributed by atoms with Crippen molar-refractivity contribution in [1.82, 2.24) is 34.6 Å². The molecule has 53 heavy (non-hydrogen) atoms. The molecule has 2 N–H and O–H groups in total. The van der Waals surface area contributed by atoms with Crippen LogP contribution in [-0.2, 0) is 25.7 Å². The van der Waals surface area contributed by atoms with Crippen molar-refractivity contribution in [3.63, 3.8) is 0 Å². The van der Waals surface area contributed by atoms with Gasteiger partial charge in [0.1, 0.15) is 18.2 Å². The summed E-state index contributed by atoms with van der Waals surface area (Å²) in [4.78, 5) is 60.8. The molecule has 2 aliphatic heterocycles. The van der Waals surface area contributed by atoms with Crippen LogP contribution in [0.15, 0.2) is 25.3 Å². The van der Waals surface area contributed by atoms with Crippen LogP contribution in [0.3, 0.4) is 0 Å². The molecule has 9 atom stereocenters. The summed E-state index contributed by atoms with van der Waals surface area (Å²) in [6, 6.07) is 0. The largest absolute Gasteiger partial charge is 0.461 e. The number of amides is 1. The number of rotatable bonds is 10. The lowest BCUT2D eigenvalue weighted by Crippen LogP contribution is -2.63. The van der Waals surface area contributed by atoms with Crippen molar-refractivity contribution in [3.8, 4) is 0 Å². The number of hydrogen-bond donors (Lipinski definition) is 2. The Labute approximate surface area is 313 Å². The van der Waals surface area contributed by atoms with Crippen LogP contribution in [0.4, 0.5) is 5.82 Å². The number of nitrogens with zero attached hydrogens (tertiary/aromatic N) is 7. The van der Waals surface area contributed by atoms with Crippen LogP contribution >= 0.6 is 0 Å². The van der Waals surface area contributed by atoms with Crippen LogP contribution in [0.5, 0.6) is 0 Å². The van der Waals surface area contributed by atoms with Crippen LogP contribution in [-0.4, -0.2) is 124 Å². The second kappa shape index (κ2) is 14.7. The third kappa shape index (κ3) is 6.58. The second-order valence-corrected chi connectivity index (χ2v) is 17.4. The molecular weight excluding hydrogens is 672 g/mol. The normalized spacial score (nSPS) is 36.3. The van der Waals surface area contributed by atoms with Crippen molar-refractivity contribution in [2.24, 2.45) is 39.9 Å². The van der Waals surface area contributed by atoms with Gasteiger partial charge in [-0.2, -0.15) is 0 Å². The number of aryl methyl sites for hydroxylation is 1. The molecular formula is C40H60N8O5. The van der Waals surface area contributed by atoms with Gasteiger partial charge in [0.25, 0.3) is 0 Å². The number of aliphatic hydroxyl groups is 1. The number of fused-ring (bicyclic) bond motifs is 1. The average Bonchev–Trinajstić information content (AvgIpc) is 3.89. The molecule has 2 bridgehead atoms. The molecule has 0 unspecified atom stereocenters. The standard InChI is InChI=1S/C40H60N8O5/c1-7-38(4)20-30(39(5)26(2)8-12-40(27(3)35(38)52)13-9-29(49)34(39)40)53-32(51)23-45-16-18-46(19-17-45)31(50)11-15-48-25-44-33-36(42-24-43-37(33)48)47-14-10-28(22-47)21-41-6/h7,24-28,30,34-35,41,52H,1,8-23H2,2-6H3/t26-,27+,28+,30-,34-,35+,38-,39+,40+/m1/s1. The zero-order chi connectivity index (χ0) is 37.7. The van der Waals surface area contributed by atoms with Crippen LogP contribution < -0.4 is 10.2 Å². The fourth-order valence-corrected chi connectivity index (χ4v) is 11.2. The first-order chi connectivity index (χ1) is 25.3. The number of ketones is 1. The molecule has 290 valence electrons. The van der Waals surface area contributed by atoms with Gasteiger partial charge < -0.3 is 29.5 Å². The number of aliphatic hydroxyl groups excluding tert-OH is 1. The fraction of sp³-hybridized carbons (Fsp3) is 0.750. The number of carbonyl (C=O) groups excluding carboxylic acids is 3. The molecule has 2 aromatic heterocycles. The number of ether oxygens (including phenoxy) is 1. The molecule has 3 aliphatic carbocycles. The minimum atomic E-state index is -0.692. The number of aromatic nitrogens is 4.